The van der Waals surface area contributed by atoms with Crippen molar-refractivity contribution in [1.82, 2.24) is 0 Å². The molecule has 0 N–H and O–H groups in total. The Morgan fingerprint density at radius 1 is 0.923 bits per heavy atom. The van der Waals surface area contributed by atoms with Crippen LogP contribution in [0.5, 0.6) is 0 Å². The summed E-state index contributed by atoms with van der Waals surface area (Å²) in [7, 11) is 0. The Labute approximate surface area is 89.1 Å². The van der Waals surface area contributed by atoms with Gasteiger partial charge in [0, 0.05) is 23.8 Å². The normalized spacial score (nSPS) is 9.00. The Morgan fingerprint density at radius 2 is 1.23 bits per heavy atom. The first-order chi connectivity index (χ1) is 5.43. The van der Waals surface area contributed by atoms with Crippen molar-refractivity contribution in [3.05, 3.63) is 0 Å². The SMILES string of the molecule is O=C([O-])CC(CC(=O)[O-])C(=O)[O-].[Ag+3]. The van der Waals surface area contributed by atoms with Gasteiger partial charge in [0.25, 0.3) is 0 Å². The van der Waals surface area contributed by atoms with Crippen LogP contribution in [0.25, 0.3) is 0 Å². The van der Waals surface area contributed by atoms with Crippen LogP contribution in [0.15, 0.2) is 0 Å². The predicted octanol–water partition coefficient (Wildman–Crippen LogP) is -4.37. The maximum absolute atomic E-state index is 10.1. The molecule has 6 nitrogen and oxygen atoms in total. The molecule has 0 aromatic carbocycles. The van der Waals surface area contributed by atoms with Gasteiger partial charge in [-0.05, 0) is 12.8 Å². The summed E-state index contributed by atoms with van der Waals surface area (Å²) in [5, 5.41) is 29.8. The maximum atomic E-state index is 10.1. The molecule has 0 aromatic heterocycles. The van der Waals surface area contributed by atoms with Crippen molar-refractivity contribution in [1.29, 1.82) is 0 Å². The number of carboxylic acid groups (broad SMARTS) is 3. The first-order valence-electron chi connectivity index (χ1n) is 3.04. The van der Waals surface area contributed by atoms with E-state index in [1.165, 1.54) is 0 Å². The van der Waals surface area contributed by atoms with Gasteiger partial charge in [-0.25, -0.2) is 0 Å². The number of carboxylic acids is 3. The molecule has 0 atom stereocenters. The van der Waals surface area contributed by atoms with E-state index in [1.807, 2.05) is 0 Å². The second-order valence-corrected chi connectivity index (χ2v) is 2.17. The molecule has 0 aliphatic heterocycles. The van der Waals surface area contributed by atoms with E-state index in [1.54, 1.807) is 0 Å². The zero-order chi connectivity index (χ0) is 9.72. The Bertz CT molecular complexity index is 197. The Kier molecular flexibility index (Phi) is 7.49. The molecule has 0 saturated carbocycles. The molecule has 0 aliphatic carbocycles. The molecule has 0 spiro atoms. The van der Waals surface area contributed by atoms with E-state index in [2.05, 4.69) is 0 Å². The van der Waals surface area contributed by atoms with Gasteiger partial charge in [-0.2, -0.15) is 0 Å². The molecular formula is C6H5AgO6. The second kappa shape index (κ2) is 6.64. The minimum absolute atomic E-state index is 0. The molecule has 0 bridgehead atoms. The van der Waals surface area contributed by atoms with E-state index in [9.17, 15) is 29.7 Å². The molecule has 7 heteroatoms. The molecule has 0 rings (SSSR count). The van der Waals surface area contributed by atoms with Crippen LogP contribution in [0, 0.1) is 5.92 Å². The van der Waals surface area contributed by atoms with Crippen LogP contribution in [0.1, 0.15) is 12.8 Å². The monoisotopic (exact) mass is 280 g/mol. The Morgan fingerprint density at radius 3 is 1.38 bits per heavy atom. The molecule has 13 heavy (non-hydrogen) atoms. The van der Waals surface area contributed by atoms with Crippen molar-refractivity contribution in [2.75, 3.05) is 0 Å². The van der Waals surface area contributed by atoms with E-state index < -0.39 is 36.7 Å². The third-order valence-corrected chi connectivity index (χ3v) is 1.16. The average Bonchev–Trinajstić information content (AvgIpc) is 1.83. The van der Waals surface area contributed by atoms with Crippen LogP contribution in [0.4, 0.5) is 0 Å². The number of aliphatic carboxylic acids is 3. The summed E-state index contributed by atoms with van der Waals surface area (Å²) in [4.78, 5) is 29.8. The molecule has 0 radical (unpaired) electrons. The fourth-order valence-corrected chi connectivity index (χ4v) is 0.641. The van der Waals surface area contributed by atoms with Crippen molar-refractivity contribution < 1.29 is 52.1 Å². The first-order valence-corrected chi connectivity index (χ1v) is 3.04. The summed E-state index contributed by atoms with van der Waals surface area (Å²) < 4.78 is 0. The fraction of sp³-hybridized carbons (Fsp3) is 0.500. The van der Waals surface area contributed by atoms with Crippen molar-refractivity contribution >= 4 is 17.9 Å². The van der Waals surface area contributed by atoms with E-state index in [4.69, 9.17) is 0 Å². The van der Waals surface area contributed by atoms with Crippen LogP contribution < -0.4 is 15.3 Å². The van der Waals surface area contributed by atoms with Crippen LogP contribution in [-0.2, 0) is 36.8 Å². The van der Waals surface area contributed by atoms with Crippen molar-refractivity contribution in [3.63, 3.8) is 0 Å². The number of carbonyl (C=O) groups is 3. The topological polar surface area (TPSA) is 120 Å². The van der Waals surface area contributed by atoms with Crippen molar-refractivity contribution in [2.45, 2.75) is 12.8 Å². The molecule has 0 fully saturated rings. The van der Waals surface area contributed by atoms with Gasteiger partial charge < -0.3 is 29.7 Å². The van der Waals surface area contributed by atoms with Crippen molar-refractivity contribution in [2.24, 2.45) is 5.92 Å². The molecule has 76 valence electrons. The van der Waals surface area contributed by atoms with Gasteiger partial charge in [-0.15, -0.1) is 0 Å². The first kappa shape index (κ1) is 14.7. The van der Waals surface area contributed by atoms with Crippen LogP contribution in [0.2, 0.25) is 0 Å². The summed E-state index contributed by atoms with van der Waals surface area (Å²) >= 11 is 0. The summed E-state index contributed by atoms with van der Waals surface area (Å²) in [5.41, 5.74) is 0. The molecule has 0 aromatic rings. The fourth-order valence-electron chi connectivity index (χ4n) is 0.641. The summed E-state index contributed by atoms with van der Waals surface area (Å²) in [6.45, 7) is 0. The summed E-state index contributed by atoms with van der Waals surface area (Å²) in [6, 6.07) is 0. The van der Waals surface area contributed by atoms with Crippen LogP contribution in [0.3, 0.4) is 0 Å². The Hall–Kier alpha value is -0.850. The van der Waals surface area contributed by atoms with E-state index >= 15 is 0 Å². The minimum Gasteiger partial charge on any atom is -0.550 e. The van der Waals surface area contributed by atoms with E-state index in [0.29, 0.717) is 0 Å². The van der Waals surface area contributed by atoms with Gasteiger partial charge in [0.2, 0.25) is 0 Å². The minimum atomic E-state index is -1.73. The summed E-state index contributed by atoms with van der Waals surface area (Å²) in [5.74, 6) is -6.58. The van der Waals surface area contributed by atoms with Gasteiger partial charge >= 0.3 is 22.4 Å². The number of carbonyl (C=O) groups excluding carboxylic acids is 3. The molecule has 0 unspecified atom stereocenters. The Balaban J connectivity index is 0. The zero-order valence-corrected chi connectivity index (χ0v) is 7.72. The van der Waals surface area contributed by atoms with Gasteiger partial charge in [0.05, 0.1) is 0 Å². The van der Waals surface area contributed by atoms with Crippen LogP contribution >= 0.6 is 0 Å². The quantitative estimate of drug-likeness (QED) is 0.469. The standard InChI is InChI=1S/C6H8O6.Ag/c7-4(8)1-3(6(11)12)2-5(9)10;/h3H,1-2H2,(H,7,8)(H,9,10)(H,11,12);/q;+3/p-3. The molecule has 0 heterocycles. The van der Waals surface area contributed by atoms with E-state index in [-0.39, 0.29) is 22.4 Å². The summed E-state index contributed by atoms with van der Waals surface area (Å²) in [6.07, 6.45) is -1.76. The van der Waals surface area contributed by atoms with E-state index in [0.717, 1.165) is 0 Å². The van der Waals surface area contributed by atoms with Gasteiger partial charge in [0.1, 0.15) is 0 Å². The van der Waals surface area contributed by atoms with Gasteiger partial charge in [-0.1, -0.05) is 0 Å². The zero-order valence-electron chi connectivity index (χ0n) is 6.24. The smallest absolute Gasteiger partial charge is 0.550 e. The third kappa shape index (κ3) is 7.51. The van der Waals surface area contributed by atoms with Gasteiger partial charge in [0.15, 0.2) is 0 Å². The number of rotatable bonds is 5. The number of hydrogen-bond acceptors (Lipinski definition) is 6. The van der Waals surface area contributed by atoms with Gasteiger partial charge in [-0.3, -0.25) is 0 Å². The molecular weight excluding hydrogens is 276 g/mol. The predicted molar refractivity (Wildman–Crippen MR) is 27.7 cm³/mol. The number of hydrogen-bond donors (Lipinski definition) is 0. The molecule has 0 saturated heterocycles. The maximum Gasteiger partial charge on any atom is 3.00 e. The largest absolute Gasteiger partial charge is 3.00 e. The van der Waals surface area contributed by atoms with Crippen molar-refractivity contribution in [3.8, 4) is 0 Å². The molecule has 0 amide bonds. The average molecular weight is 281 g/mol. The third-order valence-electron chi connectivity index (χ3n) is 1.16. The van der Waals surface area contributed by atoms with Crippen LogP contribution in [-0.4, -0.2) is 17.9 Å². The second-order valence-electron chi connectivity index (χ2n) is 2.17. The molecule has 0 aliphatic rings.